The van der Waals surface area contributed by atoms with Crippen molar-refractivity contribution in [2.45, 2.75) is 65.3 Å². The fourth-order valence-electron chi connectivity index (χ4n) is 2.76. The van der Waals surface area contributed by atoms with Crippen LogP contribution in [0.1, 0.15) is 59.8 Å². The maximum absolute atomic E-state index is 12.0. The Balaban J connectivity index is 2.60. The Morgan fingerprint density at radius 3 is 2.35 bits per heavy atom. The summed E-state index contributed by atoms with van der Waals surface area (Å²) in [6.07, 6.45) is 3.75. The highest BCUT2D eigenvalue weighted by Gasteiger charge is 2.49. The quantitative estimate of drug-likeness (QED) is 0.575. The molecule has 1 rings (SSSR count). The lowest BCUT2D eigenvalue weighted by atomic mass is 9.88. The zero-order chi connectivity index (χ0) is 15.4. The third-order valence-corrected chi connectivity index (χ3v) is 4.31. The van der Waals surface area contributed by atoms with Gasteiger partial charge in [-0.1, -0.05) is 20.3 Å². The predicted molar refractivity (Wildman–Crippen MR) is 76.8 cm³/mol. The summed E-state index contributed by atoms with van der Waals surface area (Å²) in [5.74, 6) is -0.176. The highest BCUT2D eigenvalue weighted by molar-refractivity contribution is 6.06. The van der Waals surface area contributed by atoms with Gasteiger partial charge in [0.2, 0.25) is 0 Å². The van der Waals surface area contributed by atoms with Crippen molar-refractivity contribution < 1.29 is 9.59 Å². The van der Waals surface area contributed by atoms with Gasteiger partial charge in [0, 0.05) is 6.54 Å². The van der Waals surface area contributed by atoms with Crippen LogP contribution < -0.4 is 5.32 Å². The number of hydrogen-bond donors (Lipinski definition) is 1. The van der Waals surface area contributed by atoms with Gasteiger partial charge in [-0.05, 0) is 39.5 Å². The first kappa shape index (κ1) is 16.5. The van der Waals surface area contributed by atoms with E-state index in [4.69, 9.17) is 5.26 Å². The van der Waals surface area contributed by atoms with E-state index in [1.165, 1.54) is 0 Å². The Labute approximate surface area is 121 Å². The molecule has 5 nitrogen and oxygen atoms in total. The molecule has 3 amide bonds. The van der Waals surface area contributed by atoms with Gasteiger partial charge in [0.1, 0.15) is 5.54 Å². The topological polar surface area (TPSA) is 73.2 Å². The molecular weight excluding hydrogens is 254 g/mol. The largest absolute Gasteiger partial charge is 0.325 e. The molecule has 0 spiro atoms. The van der Waals surface area contributed by atoms with Gasteiger partial charge in [0.05, 0.1) is 11.5 Å². The lowest BCUT2D eigenvalue weighted by molar-refractivity contribution is -0.127. The number of nitrogens with one attached hydrogen (secondary N) is 1. The Bertz CT molecular complexity index is 419. The van der Waals surface area contributed by atoms with E-state index in [-0.39, 0.29) is 17.4 Å². The van der Waals surface area contributed by atoms with Crippen molar-refractivity contribution in [1.29, 1.82) is 5.26 Å². The second-order valence-corrected chi connectivity index (χ2v) is 6.10. The van der Waals surface area contributed by atoms with E-state index in [2.05, 4.69) is 11.4 Å². The average Bonchev–Trinajstić information content (AvgIpc) is 2.65. The molecule has 0 aromatic carbocycles. The lowest BCUT2D eigenvalue weighted by Gasteiger charge is -2.33. The van der Waals surface area contributed by atoms with Crippen LogP contribution in [0.3, 0.4) is 0 Å². The number of nitriles is 1. The summed E-state index contributed by atoms with van der Waals surface area (Å²) in [7, 11) is 0. The fraction of sp³-hybridized carbons (Fsp3) is 0.800. The number of nitrogens with zero attached hydrogens (tertiary/aromatic N) is 2. The molecule has 5 heteroatoms. The van der Waals surface area contributed by atoms with E-state index in [0.717, 1.165) is 19.3 Å². The highest BCUT2D eigenvalue weighted by atomic mass is 16.2. The van der Waals surface area contributed by atoms with Crippen LogP contribution >= 0.6 is 0 Å². The van der Waals surface area contributed by atoms with Crippen LogP contribution in [-0.4, -0.2) is 28.9 Å². The molecule has 1 aliphatic heterocycles. The van der Waals surface area contributed by atoms with Gasteiger partial charge in [-0.2, -0.15) is 5.26 Å². The first-order valence-corrected chi connectivity index (χ1v) is 7.37. The van der Waals surface area contributed by atoms with E-state index in [9.17, 15) is 9.59 Å². The van der Waals surface area contributed by atoms with Crippen molar-refractivity contribution in [2.24, 2.45) is 5.41 Å². The molecule has 20 heavy (non-hydrogen) atoms. The molecule has 1 fully saturated rings. The zero-order valence-electron chi connectivity index (χ0n) is 13.0. The van der Waals surface area contributed by atoms with Crippen LogP contribution in [0, 0.1) is 16.7 Å². The van der Waals surface area contributed by atoms with Gasteiger partial charge in [-0.3, -0.25) is 10.1 Å². The fourth-order valence-corrected chi connectivity index (χ4v) is 2.76. The zero-order valence-corrected chi connectivity index (χ0v) is 13.0. The summed E-state index contributed by atoms with van der Waals surface area (Å²) >= 11 is 0. The van der Waals surface area contributed by atoms with Crippen LogP contribution in [0.25, 0.3) is 0 Å². The summed E-state index contributed by atoms with van der Waals surface area (Å²) < 4.78 is 0. The van der Waals surface area contributed by atoms with E-state index in [1.807, 2.05) is 27.7 Å². The highest BCUT2D eigenvalue weighted by Crippen LogP contribution is 2.30. The van der Waals surface area contributed by atoms with Gasteiger partial charge in [0.25, 0.3) is 5.91 Å². The number of carbonyl (C=O) groups is 2. The minimum Gasteiger partial charge on any atom is -0.310 e. The second-order valence-electron chi connectivity index (χ2n) is 6.10. The summed E-state index contributed by atoms with van der Waals surface area (Å²) in [5, 5.41) is 11.4. The molecule has 1 saturated heterocycles. The normalized spacial score (nSPS) is 18.1. The van der Waals surface area contributed by atoms with Crippen LogP contribution in [0.2, 0.25) is 0 Å². The van der Waals surface area contributed by atoms with Crippen LogP contribution in [0.4, 0.5) is 4.79 Å². The first-order chi connectivity index (χ1) is 9.33. The third kappa shape index (κ3) is 3.12. The van der Waals surface area contributed by atoms with Crippen LogP contribution in [-0.2, 0) is 4.79 Å². The Hall–Kier alpha value is -1.57. The third-order valence-electron chi connectivity index (χ3n) is 4.31. The summed E-state index contributed by atoms with van der Waals surface area (Å²) in [5.41, 5.74) is -1.00. The van der Waals surface area contributed by atoms with Gasteiger partial charge in [0.15, 0.2) is 0 Å². The van der Waals surface area contributed by atoms with E-state index in [1.54, 1.807) is 4.90 Å². The molecule has 1 N–H and O–H groups in total. The van der Waals surface area contributed by atoms with E-state index >= 15 is 0 Å². The first-order valence-electron chi connectivity index (χ1n) is 7.37. The van der Waals surface area contributed by atoms with Crippen LogP contribution in [0.15, 0.2) is 0 Å². The summed E-state index contributed by atoms with van der Waals surface area (Å²) in [6.45, 7) is 8.28. The SMILES string of the molecule is CCC1(CC)C(=O)NC(=O)N1CCCCC(C)(C)C#N. The lowest BCUT2D eigenvalue weighted by Crippen LogP contribution is -2.49. The molecule has 0 atom stereocenters. The molecule has 0 aromatic rings. The van der Waals surface area contributed by atoms with E-state index < -0.39 is 5.54 Å². The molecule has 0 bridgehead atoms. The number of imide groups is 1. The minimum absolute atomic E-state index is 0.176. The van der Waals surface area contributed by atoms with Crippen molar-refractivity contribution >= 4 is 11.9 Å². The molecule has 0 radical (unpaired) electrons. The molecule has 0 aromatic heterocycles. The molecular formula is C15H25N3O2. The predicted octanol–water partition coefficient (Wildman–Crippen LogP) is 2.82. The average molecular weight is 279 g/mol. The van der Waals surface area contributed by atoms with Gasteiger partial charge in [-0.15, -0.1) is 0 Å². The van der Waals surface area contributed by atoms with Crippen molar-refractivity contribution in [3.63, 3.8) is 0 Å². The second kappa shape index (κ2) is 6.25. The van der Waals surface area contributed by atoms with Crippen molar-refractivity contribution in [3.8, 4) is 6.07 Å². The molecule has 0 aliphatic carbocycles. The van der Waals surface area contributed by atoms with Crippen molar-refractivity contribution in [1.82, 2.24) is 10.2 Å². The number of urea groups is 1. The van der Waals surface area contributed by atoms with Gasteiger partial charge >= 0.3 is 6.03 Å². The standard InChI is InChI=1S/C15H25N3O2/c1-5-15(6-2)12(19)17-13(20)18(15)10-8-7-9-14(3,4)11-16/h5-10H2,1-4H3,(H,17,19,20). The smallest absolute Gasteiger partial charge is 0.310 e. The molecule has 1 heterocycles. The number of hydrogen-bond acceptors (Lipinski definition) is 3. The van der Waals surface area contributed by atoms with Crippen molar-refractivity contribution in [3.05, 3.63) is 0 Å². The molecule has 112 valence electrons. The minimum atomic E-state index is -0.679. The number of carbonyl (C=O) groups excluding carboxylic acids is 2. The summed E-state index contributed by atoms with van der Waals surface area (Å²) in [6, 6.07) is 2.00. The van der Waals surface area contributed by atoms with Gasteiger partial charge in [-0.25, -0.2) is 4.79 Å². The van der Waals surface area contributed by atoms with E-state index in [0.29, 0.717) is 19.4 Å². The maximum Gasteiger partial charge on any atom is 0.325 e. The molecule has 0 saturated carbocycles. The molecule has 1 aliphatic rings. The van der Waals surface area contributed by atoms with Gasteiger partial charge < -0.3 is 4.90 Å². The number of rotatable bonds is 7. The number of unbranched alkanes of at least 4 members (excludes halogenated alkanes) is 1. The van der Waals surface area contributed by atoms with Crippen LogP contribution in [0.5, 0.6) is 0 Å². The Morgan fingerprint density at radius 1 is 1.25 bits per heavy atom. The number of amides is 3. The Kier molecular flexibility index (Phi) is 5.15. The maximum atomic E-state index is 12.0. The summed E-state index contributed by atoms with van der Waals surface area (Å²) in [4.78, 5) is 25.6. The monoisotopic (exact) mass is 279 g/mol. The Morgan fingerprint density at radius 2 is 1.85 bits per heavy atom. The molecule has 0 unspecified atom stereocenters. The van der Waals surface area contributed by atoms with Crippen molar-refractivity contribution in [2.75, 3.05) is 6.54 Å².